The molecule has 0 rings (SSSR count). The summed E-state index contributed by atoms with van der Waals surface area (Å²) >= 11 is 0. The van der Waals surface area contributed by atoms with Crippen molar-refractivity contribution in [3.05, 3.63) is 0 Å². The summed E-state index contributed by atoms with van der Waals surface area (Å²) in [7, 11) is -9.90. The maximum absolute atomic E-state index is 13.0. The van der Waals surface area contributed by atoms with Crippen molar-refractivity contribution in [2.24, 2.45) is 11.8 Å². The van der Waals surface area contributed by atoms with Gasteiger partial charge in [-0.15, -0.1) is 0 Å². The monoisotopic (exact) mass is 1300 g/mol. The van der Waals surface area contributed by atoms with Crippen molar-refractivity contribution in [1.82, 2.24) is 0 Å². The Balaban J connectivity index is 5.24. The van der Waals surface area contributed by atoms with Crippen molar-refractivity contribution in [1.29, 1.82) is 0 Å². The van der Waals surface area contributed by atoms with Crippen LogP contribution in [0.5, 0.6) is 0 Å². The Morgan fingerprint density at radius 2 is 0.523 bits per heavy atom. The lowest BCUT2D eigenvalue weighted by atomic mass is 10.0. The number of aliphatic hydroxyl groups excluding tert-OH is 1. The summed E-state index contributed by atoms with van der Waals surface area (Å²) in [6, 6.07) is 0. The number of carbonyl (C=O) groups excluding carboxylic acids is 4. The lowest BCUT2D eigenvalue weighted by Gasteiger charge is -2.21. The fourth-order valence-electron chi connectivity index (χ4n) is 10.4. The third-order valence-electron chi connectivity index (χ3n) is 16.0. The van der Waals surface area contributed by atoms with Gasteiger partial charge >= 0.3 is 39.5 Å². The van der Waals surface area contributed by atoms with E-state index in [1.165, 1.54) is 167 Å². The highest BCUT2D eigenvalue weighted by molar-refractivity contribution is 7.47. The molecule has 5 atom stereocenters. The fourth-order valence-corrected chi connectivity index (χ4v) is 12.0. The summed E-state index contributed by atoms with van der Waals surface area (Å²) in [5, 5.41) is 10.6. The molecule has 0 aromatic rings. The second kappa shape index (κ2) is 61.3. The van der Waals surface area contributed by atoms with Gasteiger partial charge < -0.3 is 33.8 Å². The van der Waals surface area contributed by atoms with Gasteiger partial charge in [-0.2, -0.15) is 0 Å². The molecule has 0 aliphatic heterocycles. The van der Waals surface area contributed by atoms with E-state index in [4.69, 9.17) is 37.0 Å². The zero-order valence-corrected chi connectivity index (χ0v) is 58.8. The van der Waals surface area contributed by atoms with E-state index < -0.39 is 97.5 Å². The number of phosphoric ester groups is 2. The Bertz CT molecular complexity index is 1720. The second-order valence-electron chi connectivity index (χ2n) is 25.9. The van der Waals surface area contributed by atoms with Gasteiger partial charge in [0.1, 0.15) is 19.3 Å². The molecule has 0 saturated heterocycles. The molecule has 0 radical (unpaired) electrons. The normalized spacial score (nSPS) is 14.2. The standard InChI is InChI=1S/C69H134O17P2/c1-7-9-11-13-15-17-19-20-21-22-23-29-35-41-47-53-68(73)85-64(57-80-67(72)52-46-40-34-28-25-24-26-31-37-43-49-61(3)4)59-83-87(75,76)81-55-63(70)56-82-88(77,78)84-60-65(86-69(74)54-48-42-36-30-32-38-44-50-62(5)6)58-79-66(71)51-45-39-33-27-18-16-14-12-10-8-2/h61-65,70H,7-60H2,1-6H3,(H,75,76)(H,77,78)/t63-,64-,65-/m1/s1. The molecular formula is C69H134O17P2. The van der Waals surface area contributed by atoms with E-state index in [9.17, 15) is 43.2 Å². The predicted molar refractivity (Wildman–Crippen MR) is 354 cm³/mol. The number of phosphoric acid groups is 2. The van der Waals surface area contributed by atoms with Crippen molar-refractivity contribution in [2.75, 3.05) is 39.6 Å². The molecular weight excluding hydrogens is 1160 g/mol. The van der Waals surface area contributed by atoms with Gasteiger partial charge in [0, 0.05) is 25.7 Å². The Morgan fingerprint density at radius 1 is 0.307 bits per heavy atom. The molecule has 0 spiro atoms. The summed E-state index contributed by atoms with van der Waals surface area (Å²) in [4.78, 5) is 72.4. The third-order valence-corrected chi connectivity index (χ3v) is 17.9. The molecule has 17 nitrogen and oxygen atoms in total. The minimum Gasteiger partial charge on any atom is -0.462 e. The molecule has 0 fully saturated rings. The molecule has 0 aliphatic carbocycles. The van der Waals surface area contributed by atoms with E-state index in [-0.39, 0.29) is 25.7 Å². The zero-order chi connectivity index (χ0) is 65.0. The van der Waals surface area contributed by atoms with E-state index in [0.29, 0.717) is 31.6 Å². The number of hydrogen-bond acceptors (Lipinski definition) is 15. The number of unbranched alkanes of at least 4 members (excludes halogenated alkanes) is 38. The van der Waals surface area contributed by atoms with E-state index >= 15 is 0 Å². The topological polar surface area (TPSA) is 237 Å². The van der Waals surface area contributed by atoms with Crippen LogP contribution in [0.1, 0.15) is 350 Å². The highest BCUT2D eigenvalue weighted by atomic mass is 31.2. The number of hydrogen-bond donors (Lipinski definition) is 3. The smallest absolute Gasteiger partial charge is 0.462 e. The Kier molecular flexibility index (Phi) is 59.9. The highest BCUT2D eigenvalue weighted by Crippen LogP contribution is 2.45. The minimum absolute atomic E-state index is 0.104. The summed E-state index contributed by atoms with van der Waals surface area (Å²) < 4.78 is 68.2. The highest BCUT2D eigenvalue weighted by Gasteiger charge is 2.30. The van der Waals surface area contributed by atoms with Crippen LogP contribution < -0.4 is 0 Å². The van der Waals surface area contributed by atoms with Crippen LogP contribution in [0.4, 0.5) is 0 Å². The Labute approximate surface area is 537 Å². The zero-order valence-electron chi connectivity index (χ0n) is 57.0. The molecule has 0 aromatic heterocycles. The van der Waals surface area contributed by atoms with Crippen molar-refractivity contribution in [3.8, 4) is 0 Å². The van der Waals surface area contributed by atoms with Gasteiger partial charge in [0.05, 0.1) is 26.4 Å². The first-order valence-electron chi connectivity index (χ1n) is 36.0. The average Bonchev–Trinajstić information content (AvgIpc) is 3.66. The number of esters is 4. The van der Waals surface area contributed by atoms with Crippen LogP contribution in [-0.4, -0.2) is 96.7 Å². The quantitative estimate of drug-likeness (QED) is 0.0222. The molecule has 88 heavy (non-hydrogen) atoms. The number of carbonyl (C=O) groups is 4. The van der Waals surface area contributed by atoms with Gasteiger partial charge in [0.15, 0.2) is 12.2 Å². The first-order chi connectivity index (χ1) is 42.4. The number of ether oxygens (including phenoxy) is 4. The van der Waals surface area contributed by atoms with E-state index in [0.717, 1.165) is 95.8 Å². The number of rotatable bonds is 68. The molecule has 0 bridgehead atoms. The maximum atomic E-state index is 13.0. The van der Waals surface area contributed by atoms with E-state index in [1.54, 1.807) is 0 Å². The third kappa shape index (κ3) is 62.8. The van der Waals surface area contributed by atoms with Gasteiger partial charge in [0.2, 0.25) is 0 Å². The molecule has 3 N–H and O–H groups in total. The van der Waals surface area contributed by atoms with E-state index in [1.807, 2.05) is 0 Å². The molecule has 19 heteroatoms. The van der Waals surface area contributed by atoms with Gasteiger partial charge in [-0.25, -0.2) is 9.13 Å². The SMILES string of the molecule is CCCCCCCCCCCCCCCCCC(=O)O[C@H](COC(=O)CCCCCCCCCCCCC(C)C)COP(=O)(O)OC[C@@H](O)COP(=O)(O)OC[C@@H](COC(=O)CCCCCCCCCCCC)OC(=O)CCCCCCCCCC(C)C. The lowest BCUT2D eigenvalue weighted by Crippen LogP contribution is -2.30. The summed E-state index contributed by atoms with van der Waals surface area (Å²) in [5.74, 6) is -0.672. The lowest BCUT2D eigenvalue weighted by molar-refractivity contribution is -0.161. The van der Waals surface area contributed by atoms with Crippen LogP contribution in [0.3, 0.4) is 0 Å². The largest absolute Gasteiger partial charge is 0.472 e. The molecule has 0 amide bonds. The predicted octanol–water partition coefficient (Wildman–Crippen LogP) is 19.6. The van der Waals surface area contributed by atoms with Crippen LogP contribution >= 0.6 is 15.6 Å². The molecule has 0 aromatic carbocycles. The van der Waals surface area contributed by atoms with Crippen LogP contribution in [0.15, 0.2) is 0 Å². The van der Waals surface area contributed by atoms with Crippen molar-refractivity contribution < 1.29 is 80.2 Å². The van der Waals surface area contributed by atoms with Gasteiger partial charge in [-0.3, -0.25) is 37.3 Å². The summed E-state index contributed by atoms with van der Waals surface area (Å²) in [5.41, 5.74) is 0. The minimum atomic E-state index is -4.95. The van der Waals surface area contributed by atoms with Gasteiger partial charge in [0.25, 0.3) is 0 Å². The van der Waals surface area contributed by atoms with Crippen LogP contribution in [0, 0.1) is 11.8 Å². The molecule has 0 aliphatic rings. The van der Waals surface area contributed by atoms with Crippen LogP contribution in [0.25, 0.3) is 0 Å². The first-order valence-corrected chi connectivity index (χ1v) is 39.0. The number of aliphatic hydroxyl groups is 1. The van der Waals surface area contributed by atoms with Gasteiger partial charge in [-0.1, -0.05) is 298 Å². The summed E-state index contributed by atoms with van der Waals surface area (Å²) in [6.45, 7) is 9.47. The molecule has 2 unspecified atom stereocenters. The first kappa shape index (κ1) is 86.1. The van der Waals surface area contributed by atoms with E-state index in [2.05, 4.69) is 41.5 Å². The molecule has 0 heterocycles. The molecule has 522 valence electrons. The van der Waals surface area contributed by atoms with Crippen molar-refractivity contribution >= 4 is 39.5 Å². The Morgan fingerprint density at radius 3 is 0.773 bits per heavy atom. The maximum Gasteiger partial charge on any atom is 0.472 e. The van der Waals surface area contributed by atoms with Crippen molar-refractivity contribution in [3.63, 3.8) is 0 Å². The van der Waals surface area contributed by atoms with Crippen LogP contribution in [0.2, 0.25) is 0 Å². The van der Waals surface area contributed by atoms with Crippen LogP contribution in [-0.2, 0) is 65.4 Å². The fraction of sp³-hybridized carbons (Fsp3) is 0.942. The van der Waals surface area contributed by atoms with Crippen molar-refractivity contribution in [2.45, 2.75) is 368 Å². The second-order valence-corrected chi connectivity index (χ2v) is 28.8. The Hall–Kier alpha value is -1.94. The van der Waals surface area contributed by atoms with Gasteiger partial charge in [-0.05, 0) is 37.5 Å². The summed E-state index contributed by atoms with van der Waals surface area (Å²) in [6.07, 6.45) is 45.8. The molecule has 0 saturated carbocycles. The average molecular weight is 1300 g/mol.